The van der Waals surface area contributed by atoms with E-state index >= 15 is 0 Å². The van der Waals surface area contributed by atoms with E-state index in [0.29, 0.717) is 5.56 Å². The van der Waals surface area contributed by atoms with Crippen LogP contribution in [-0.4, -0.2) is 24.5 Å². The number of nitrogens with two attached hydrogens (primary N) is 1. The van der Waals surface area contributed by atoms with E-state index in [9.17, 15) is 4.39 Å². The Kier molecular flexibility index (Phi) is 5.55. The van der Waals surface area contributed by atoms with Gasteiger partial charge in [0, 0.05) is 24.7 Å². The molecular weight excluding hydrogens is 251 g/mol. The summed E-state index contributed by atoms with van der Waals surface area (Å²) in [7, 11) is 0. The second-order valence-electron chi connectivity index (χ2n) is 6.17. The lowest BCUT2D eigenvalue weighted by Crippen LogP contribution is -2.38. The predicted octanol–water partition coefficient (Wildman–Crippen LogP) is 3.58. The molecule has 0 amide bonds. The van der Waals surface area contributed by atoms with Crippen molar-refractivity contribution in [2.24, 2.45) is 17.6 Å². The maximum Gasteiger partial charge on any atom is 0.127 e. The average Bonchev–Trinajstić information content (AvgIpc) is 2.40. The van der Waals surface area contributed by atoms with Crippen molar-refractivity contribution in [3.63, 3.8) is 0 Å². The number of halogens is 1. The van der Waals surface area contributed by atoms with E-state index in [1.807, 2.05) is 6.07 Å². The van der Waals surface area contributed by atoms with Gasteiger partial charge in [0.25, 0.3) is 0 Å². The maximum atomic E-state index is 13.8. The minimum absolute atomic E-state index is 0.186. The third-order valence-corrected chi connectivity index (χ3v) is 4.61. The molecule has 0 aromatic heterocycles. The minimum Gasteiger partial charge on any atom is -0.324 e. The summed E-state index contributed by atoms with van der Waals surface area (Å²) in [6, 6.07) is 6.64. The molecule has 0 radical (unpaired) electrons. The Hall–Kier alpha value is -0.930. The fourth-order valence-corrected chi connectivity index (χ4v) is 2.95. The first-order valence-electron chi connectivity index (χ1n) is 7.84. The normalized spacial score (nSPS) is 18.9. The van der Waals surface area contributed by atoms with Crippen molar-refractivity contribution in [3.8, 4) is 0 Å². The summed E-state index contributed by atoms with van der Waals surface area (Å²) >= 11 is 0. The van der Waals surface area contributed by atoms with E-state index < -0.39 is 0 Å². The highest BCUT2D eigenvalue weighted by molar-refractivity contribution is 5.21. The molecule has 0 aliphatic heterocycles. The van der Waals surface area contributed by atoms with Crippen LogP contribution >= 0.6 is 0 Å². The number of nitrogens with zero attached hydrogens (tertiary/aromatic N) is 1. The quantitative estimate of drug-likeness (QED) is 0.826. The molecule has 3 heteroatoms. The first-order valence-corrected chi connectivity index (χ1v) is 7.84. The summed E-state index contributed by atoms with van der Waals surface area (Å²) < 4.78 is 13.8. The summed E-state index contributed by atoms with van der Waals surface area (Å²) in [5, 5.41) is 0. The lowest BCUT2D eigenvalue weighted by atomic mass is 9.84. The summed E-state index contributed by atoms with van der Waals surface area (Å²) in [4.78, 5) is 2.47. The number of hydrogen-bond donors (Lipinski definition) is 1. The molecule has 1 aliphatic rings. The molecular formula is C17H27FN2. The van der Waals surface area contributed by atoms with Crippen molar-refractivity contribution in [3.05, 3.63) is 35.6 Å². The first-order chi connectivity index (χ1) is 9.61. The van der Waals surface area contributed by atoms with Crippen LogP contribution < -0.4 is 5.73 Å². The van der Waals surface area contributed by atoms with E-state index in [4.69, 9.17) is 5.73 Å². The Morgan fingerprint density at radius 3 is 2.60 bits per heavy atom. The Morgan fingerprint density at radius 1 is 1.35 bits per heavy atom. The molecule has 1 fully saturated rings. The van der Waals surface area contributed by atoms with Gasteiger partial charge in [-0.1, -0.05) is 38.5 Å². The SMILES string of the molecule is CCN(CC1CCC1)CC(C)C(N)c1ccccc1F. The van der Waals surface area contributed by atoms with Crippen molar-refractivity contribution in [1.29, 1.82) is 0 Å². The van der Waals surface area contributed by atoms with E-state index in [1.165, 1.54) is 31.9 Å². The van der Waals surface area contributed by atoms with Gasteiger partial charge in [-0.25, -0.2) is 4.39 Å². The lowest BCUT2D eigenvalue weighted by molar-refractivity contribution is 0.159. The van der Waals surface area contributed by atoms with Crippen LogP contribution in [0.25, 0.3) is 0 Å². The van der Waals surface area contributed by atoms with Crippen molar-refractivity contribution >= 4 is 0 Å². The Bertz CT molecular complexity index is 417. The van der Waals surface area contributed by atoms with E-state index in [0.717, 1.165) is 19.0 Å². The van der Waals surface area contributed by atoms with Crippen LogP contribution in [0, 0.1) is 17.7 Å². The topological polar surface area (TPSA) is 29.3 Å². The van der Waals surface area contributed by atoms with Gasteiger partial charge >= 0.3 is 0 Å². The molecule has 1 saturated carbocycles. The molecule has 2 rings (SSSR count). The molecule has 1 aliphatic carbocycles. The van der Waals surface area contributed by atoms with Gasteiger partial charge in [-0.3, -0.25) is 0 Å². The molecule has 2 unspecified atom stereocenters. The lowest BCUT2D eigenvalue weighted by Gasteiger charge is -2.34. The van der Waals surface area contributed by atoms with Crippen molar-refractivity contribution in [2.45, 2.75) is 39.2 Å². The third kappa shape index (κ3) is 3.80. The Labute approximate surface area is 122 Å². The molecule has 112 valence electrons. The van der Waals surface area contributed by atoms with Gasteiger partial charge in [-0.15, -0.1) is 0 Å². The fourth-order valence-electron chi connectivity index (χ4n) is 2.95. The van der Waals surface area contributed by atoms with Gasteiger partial charge in [-0.2, -0.15) is 0 Å². The van der Waals surface area contributed by atoms with Crippen molar-refractivity contribution in [2.75, 3.05) is 19.6 Å². The molecule has 1 aromatic rings. The predicted molar refractivity (Wildman–Crippen MR) is 81.9 cm³/mol. The Balaban J connectivity index is 1.92. The molecule has 0 saturated heterocycles. The minimum atomic E-state index is -0.230. The summed E-state index contributed by atoms with van der Waals surface area (Å²) in [6.07, 6.45) is 4.11. The van der Waals surface area contributed by atoms with Gasteiger partial charge in [-0.05, 0) is 37.3 Å². The van der Waals surface area contributed by atoms with Gasteiger partial charge in [0.05, 0.1) is 0 Å². The monoisotopic (exact) mass is 278 g/mol. The van der Waals surface area contributed by atoms with Crippen molar-refractivity contribution < 1.29 is 4.39 Å². The summed E-state index contributed by atoms with van der Waals surface area (Å²) in [5.41, 5.74) is 6.89. The second-order valence-corrected chi connectivity index (χ2v) is 6.17. The standard InChI is InChI=1S/C17H27FN2/c1-3-20(12-14-7-6-8-14)11-13(2)17(19)15-9-4-5-10-16(15)18/h4-5,9-10,13-14,17H,3,6-8,11-12,19H2,1-2H3. The smallest absolute Gasteiger partial charge is 0.127 e. The average molecular weight is 278 g/mol. The number of benzene rings is 1. The molecule has 0 heterocycles. The highest BCUT2D eigenvalue weighted by Gasteiger charge is 2.24. The zero-order valence-electron chi connectivity index (χ0n) is 12.7. The number of rotatable bonds is 7. The van der Waals surface area contributed by atoms with Gasteiger partial charge in [0.15, 0.2) is 0 Å². The molecule has 2 nitrogen and oxygen atoms in total. The van der Waals surface area contributed by atoms with Crippen LogP contribution in [0.4, 0.5) is 4.39 Å². The van der Waals surface area contributed by atoms with Crippen LogP contribution in [0.2, 0.25) is 0 Å². The van der Waals surface area contributed by atoms with E-state index in [-0.39, 0.29) is 17.8 Å². The van der Waals surface area contributed by atoms with Crippen LogP contribution in [0.3, 0.4) is 0 Å². The zero-order valence-corrected chi connectivity index (χ0v) is 12.7. The highest BCUT2D eigenvalue weighted by atomic mass is 19.1. The molecule has 20 heavy (non-hydrogen) atoms. The van der Waals surface area contributed by atoms with E-state index in [1.54, 1.807) is 12.1 Å². The van der Waals surface area contributed by atoms with Gasteiger partial charge in [0.2, 0.25) is 0 Å². The molecule has 2 N–H and O–H groups in total. The Morgan fingerprint density at radius 2 is 2.05 bits per heavy atom. The van der Waals surface area contributed by atoms with Gasteiger partial charge < -0.3 is 10.6 Å². The third-order valence-electron chi connectivity index (χ3n) is 4.61. The molecule has 0 spiro atoms. The molecule has 2 atom stereocenters. The zero-order chi connectivity index (χ0) is 14.5. The van der Waals surface area contributed by atoms with Crippen LogP contribution in [-0.2, 0) is 0 Å². The summed E-state index contributed by atoms with van der Waals surface area (Å²) in [6.45, 7) is 7.48. The number of hydrogen-bond acceptors (Lipinski definition) is 2. The van der Waals surface area contributed by atoms with E-state index in [2.05, 4.69) is 18.7 Å². The van der Waals surface area contributed by atoms with Crippen LogP contribution in [0.5, 0.6) is 0 Å². The van der Waals surface area contributed by atoms with Crippen molar-refractivity contribution in [1.82, 2.24) is 4.90 Å². The first kappa shape index (κ1) is 15.5. The summed E-state index contributed by atoms with van der Waals surface area (Å²) in [5.74, 6) is 0.938. The van der Waals surface area contributed by atoms with Gasteiger partial charge in [0.1, 0.15) is 5.82 Å². The molecule has 0 bridgehead atoms. The fraction of sp³-hybridized carbons (Fsp3) is 0.647. The van der Waals surface area contributed by atoms with Crippen LogP contribution in [0.15, 0.2) is 24.3 Å². The van der Waals surface area contributed by atoms with Crippen LogP contribution in [0.1, 0.15) is 44.7 Å². The highest BCUT2D eigenvalue weighted by Crippen LogP contribution is 2.28. The second kappa shape index (κ2) is 7.19. The largest absolute Gasteiger partial charge is 0.324 e. The molecule has 1 aromatic carbocycles. The maximum absolute atomic E-state index is 13.8.